The molecule has 0 fully saturated rings. The van der Waals surface area contributed by atoms with E-state index in [1.807, 2.05) is 0 Å². The maximum Gasteiger partial charge on any atom is 0.220 e. The SMILES string of the molecule is O=CCCCCCCCCCCCCCCCCCCC(=O)NCCCC(=O)NCCOCCCCC=O. The number of amides is 2. The topological polar surface area (TPSA) is 102 Å². The van der Waals surface area contributed by atoms with Crippen LogP contribution in [0.1, 0.15) is 148 Å². The van der Waals surface area contributed by atoms with E-state index in [1.165, 1.54) is 83.5 Å². The number of rotatable bonds is 31. The molecule has 0 aromatic carbocycles. The fraction of sp³-hybridized carbons (Fsp3) is 0.871. The third-order valence-corrected chi connectivity index (χ3v) is 6.81. The van der Waals surface area contributed by atoms with E-state index in [0.717, 1.165) is 51.1 Å². The number of carbonyl (C=O) groups excluding carboxylic acids is 4. The van der Waals surface area contributed by atoms with Crippen molar-refractivity contribution in [3.8, 4) is 0 Å². The molecule has 0 aliphatic carbocycles. The maximum absolute atomic E-state index is 11.9. The maximum atomic E-state index is 11.9. The molecule has 0 radical (unpaired) electrons. The van der Waals surface area contributed by atoms with Crippen LogP contribution in [0.4, 0.5) is 0 Å². The molecule has 7 nitrogen and oxygen atoms in total. The number of unbranched alkanes of at least 4 members (excludes halogenated alkanes) is 18. The lowest BCUT2D eigenvalue weighted by Gasteiger charge is -2.07. The second kappa shape index (κ2) is 31.5. The van der Waals surface area contributed by atoms with Crippen molar-refractivity contribution in [1.82, 2.24) is 10.6 Å². The predicted molar refractivity (Wildman–Crippen MR) is 155 cm³/mol. The molecule has 38 heavy (non-hydrogen) atoms. The molecule has 2 N–H and O–H groups in total. The van der Waals surface area contributed by atoms with Crippen molar-refractivity contribution in [3.63, 3.8) is 0 Å². The molecule has 0 aromatic rings. The van der Waals surface area contributed by atoms with Crippen LogP contribution < -0.4 is 10.6 Å². The van der Waals surface area contributed by atoms with Crippen molar-refractivity contribution in [1.29, 1.82) is 0 Å². The highest BCUT2D eigenvalue weighted by Gasteiger charge is 2.04. The van der Waals surface area contributed by atoms with Gasteiger partial charge in [-0.1, -0.05) is 89.9 Å². The van der Waals surface area contributed by atoms with E-state index in [1.54, 1.807) is 0 Å². The quantitative estimate of drug-likeness (QED) is 0.0764. The fourth-order valence-corrected chi connectivity index (χ4v) is 4.44. The average molecular weight is 539 g/mol. The number of aldehydes is 2. The van der Waals surface area contributed by atoms with Crippen molar-refractivity contribution >= 4 is 24.4 Å². The Morgan fingerprint density at radius 1 is 0.447 bits per heavy atom. The summed E-state index contributed by atoms with van der Waals surface area (Å²) in [5, 5.41) is 5.74. The molecule has 0 heterocycles. The van der Waals surface area contributed by atoms with Gasteiger partial charge in [0.05, 0.1) is 6.61 Å². The third kappa shape index (κ3) is 30.5. The standard InChI is InChI=1S/C31H58N2O5/c34-26-18-15-13-11-9-7-5-3-1-2-4-6-8-10-12-14-17-22-30(36)32-24-21-23-31(37)33-25-29-38-28-20-16-19-27-35/h26-27H,1-25,28-29H2,(H,32,36)(H,33,37). The highest BCUT2D eigenvalue weighted by atomic mass is 16.5. The summed E-state index contributed by atoms with van der Waals surface area (Å²) in [7, 11) is 0. The molecule has 0 atom stereocenters. The van der Waals surface area contributed by atoms with Gasteiger partial charge in [0, 0.05) is 45.4 Å². The molecule has 0 rings (SSSR count). The Kier molecular flexibility index (Phi) is 30.0. The minimum Gasteiger partial charge on any atom is -0.380 e. The first-order valence-electron chi connectivity index (χ1n) is 15.7. The minimum absolute atomic E-state index is 0.0153. The van der Waals surface area contributed by atoms with Crippen LogP contribution in [0.3, 0.4) is 0 Å². The lowest BCUT2D eigenvalue weighted by atomic mass is 10.0. The van der Waals surface area contributed by atoms with Gasteiger partial charge in [0.25, 0.3) is 0 Å². The molecule has 7 heteroatoms. The van der Waals surface area contributed by atoms with E-state index in [4.69, 9.17) is 4.74 Å². The van der Waals surface area contributed by atoms with Crippen molar-refractivity contribution in [3.05, 3.63) is 0 Å². The molecular formula is C31H58N2O5. The smallest absolute Gasteiger partial charge is 0.220 e. The van der Waals surface area contributed by atoms with Crippen LogP contribution in [0.25, 0.3) is 0 Å². The minimum atomic E-state index is -0.0153. The molecule has 0 spiro atoms. The first kappa shape index (κ1) is 36.2. The Morgan fingerprint density at radius 3 is 1.34 bits per heavy atom. The second-order valence-corrected chi connectivity index (χ2v) is 10.4. The summed E-state index contributed by atoms with van der Waals surface area (Å²) in [5.74, 6) is 0.0738. The van der Waals surface area contributed by atoms with Gasteiger partial charge in [-0.2, -0.15) is 0 Å². The molecule has 0 aromatic heterocycles. The van der Waals surface area contributed by atoms with Crippen molar-refractivity contribution in [2.75, 3.05) is 26.3 Å². The van der Waals surface area contributed by atoms with E-state index < -0.39 is 0 Å². The summed E-state index contributed by atoms with van der Waals surface area (Å²) in [6.07, 6.45) is 26.8. The van der Waals surface area contributed by atoms with Gasteiger partial charge < -0.3 is 25.0 Å². The van der Waals surface area contributed by atoms with Gasteiger partial charge in [0.2, 0.25) is 11.8 Å². The molecule has 0 saturated carbocycles. The van der Waals surface area contributed by atoms with Crippen molar-refractivity contribution in [2.24, 2.45) is 0 Å². The van der Waals surface area contributed by atoms with Gasteiger partial charge in [-0.05, 0) is 32.1 Å². The first-order chi connectivity index (χ1) is 18.7. The van der Waals surface area contributed by atoms with Gasteiger partial charge in [0.1, 0.15) is 12.6 Å². The summed E-state index contributed by atoms with van der Waals surface area (Å²) in [6, 6.07) is 0. The fourth-order valence-electron chi connectivity index (χ4n) is 4.44. The summed E-state index contributed by atoms with van der Waals surface area (Å²) in [5.41, 5.74) is 0. The number of hydrogen-bond acceptors (Lipinski definition) is 5. The van der Waals surface area contributed by atoms with Crippen LogP contribution in [0.15, 0.2) is 0 Å². The first-order valence-corrected chi connectivity index (χ1v) is 15.7. The van der Waals surface area contributed by atoms with E-state index in [0.29, 0.717) is 52.0 Å². The normalized spacial score (nSPS) is 10.8. The number of carbonyl (C=O) groups is 4. The van der Waals surface area contributed by atoms with Crippen LogP contribution in [0.5, 0.6) is 0 Å². The second-order valence-electron chi connectivity index (χ2n) is 10.4. The Morgan fingerprint density at radius 2 is 0.842 bits per heavy atom. The molecule has 0 unspecified atom stereocenters. The van der Waals surface area contributed by atoms with Crippen LogP contribution >= 0.6 is 0 Å². The van der Waals surface area contributed by atoms with Gasteiger partial charge in [0.15, 0.2) is 0 Å². The summed E-state index contributed by atoms with van der Waals surface area (Å²) in [6.45, 7) is 2.13. The van der Waals surface area contributed by atoms with E-state index in [9.17, 15) is 19.2 Å². The Labute approximate surface area is 233 Å². The summed E-state index contributed by atoms with van der Waals surface area (Å²) < 4.78 is 5.41. The number of ether oxygens (including phenoxy) is 1. The van der Waals surface area contributed by atoms with Gasteiger partial charge in [-0.25, -0.2) is 0 Å². The Hall–Kier alpha value is -1.76. The van der Waals surface area contributed by atoms with E-state index >= 15 is 0 Å². The van der Waals surface area contributed by atoms with E-state index in [-0.39, 0.29) is 11.8 Å². The number of hydrogen-bond donors (Lipinski definition) is 2. The molecule has 2 amide bonds. The third-order valence-electron chi connectivity index (χ3n) is 6.81. The van der Waals surface area contributed by atoms with E-state index in [2.05, 4.69) is 10.6 Å². The van der Waals surface area contributed by atoms with Crippen LogP contribution in [0, 0.1) is 0 Å². The Bertz CT molecular complexity index is 556. The van der Waals surface area contributed by atoms with Crippen LogP contribution in [0.2, 0.25) is 0 Å². The zero-order valence-corrected chi connectivity index (χ0v) is 24.3. The molecule has 222 valence electrons. The largest absolute Gasteiger partial charge is 0.380 e. The summed E-state index contributed by atoms with van der Waals surface area (Å²) in [4.78, 5) is 44.2. The van der Waals surface area contributed by atoms with Gasteiger partial charge in [-0.15, -0.1) is 0 Å². The van der Waals surface area contributed by atoms with Crippen molar-refractivity contribution in [2.45, 2.75) is 148 Å². The Balaban J connectivity index is 3.25. The van der Waals surface area contributed by atoms with Crippen molar-refractivity contribution < 1.29 is 23.9 Å². The average Bonchev–Trinajstić information content (AvgIpc) is 2.92. The zero-order chi connectivity index (χ0) is 27.8. The van der Waals surface area contributed by atoms with Crippen LogP contribution in [-0.2, 0) is 23.9 Å². The number of nitrogens with one attached hydrogen (secondary N) is 2. The molecular weight excluding hydrogens is 480 g/mol. The lowest BCUT2D eigenvalue weighted by molar-refractivity contribution is -0.123. The highest BCUT2D eigenvalue weighted by molar-refractivity contribution is 5.77. The summed E-state index contributed by atoms with van der Waals surface area (Å²) >= 11 is 0. The highest BCUT2D eigenvalue weighted by Crippen LogP contribution is 2.14. The van der Waals surface area contributed by atoms with Gasteiger partial charge in [-0.3, -0.25) is 9.59 Å². The molecule has 0 aliphatic heterocycles. The predicted octanol–water partition coefficient (Wildman–Crippen LogP) is 6.61. The molecule has 0 bridgehead atoms. The monoisotopic (exact) mass is 538 g/mol. The molecule has 0 aliphatic rings. The zero-order valence-electron chi connectivity index (χ0n) is 24.3. The molecule has 0 saturated heterocycles. The van der Waals surface area contributed by atoms with Crippen LogP contribution in [-0.4, -0.2) is 50.7 Å². The lowest BCUT2D eigenvalue weighted by Crippen LogP contribution is -2.29. The van der Waals surface area contributed by atoms with Gasteiger partial charge >= 0.3 is 0 Å².